The van der Waals surface area contributed by atoms with E-state index in [0.717, 1.165) is 49.3 Å². The van der Waals surface area contributed by atoms with Crippen LogP contribution in [0.4, 0.5) is 13.2 Å². The Balaban J connectivity index is 1.23. The fourth-order valence-corrected chi connectivity index (χ4v) is 3.76. The van der Waals surface area contributed by atoms with Gasteiger partial charge in [0.15, 0.2) is 0 Å². The minimum atomic E-state index is -4.36. The van der Waals surface area contributed by atoms with Crippen molar-refractivity contribution in [3.05, 3.63) is 113 Å². The topological polar surface area (TPSA) is 48.2 Å². The molecule has 186 valence electrons. The van der Waals surface area contributed by atoms with Crippen LogP contribution in [0.25, 0.3) is 12.2 Å². The first-order valence-electron chi connectivity index (χ1n) is 11.8. The zero-order chi connectivity index (χ0) is 25.4. The molecular weight excluding hydrogens is 465 g/mol. The van der Waals surface area contributed by atoms with Crippen LogP contribution in [0.3, 0.4) is 0 Å². The quantitative estimate of drug-likeness (QED) is 0.213. The molecule has 0 aliphatic heterocycles. The molecule has 0 saturated heterocycles. The predicted octanol–water partition coefficient (Wildman–Crippen LogP) is 7.71. The van der Waals surface area contributed by atoms with Crippen molar-refractivity contribution in [1.82, 2.24) is 9.97 Å². The Morgan fingerprint density at radius 2 is 1.72 bits per heavy atom. The second-order valence-corrected chi connectivity index (χ2v) is 8.54. The third-order valence-corrected chi connectivity index (χ3v) is 5.76. The van der Waals surface area contributed by atoms with Gasteiger partial charge in [0.25, 0.3) is 0 Å². The molecule has 7 heteroatoms. The van der Waals surface area contributed by atoms with E-state index in [0.29, 0.717) is 22.7 Å². The third kappa shape index (κ3) is 7.31. The zero-order valence-corrected chi connectivity index (χ0v) is 20.0. The number of aromatic nitrogens is 2. The van der Waals surface area contributed by atoms with Crippen LogP contribution in [0, 0.1) is 6.92 Å². The van der Waals surface area contributed by atoms with Crippen molar-refractivity contribution in [3.63, 3.8) is 0 Å². The smallest absolute Gasteiger partial charge is 0.416 e. The fraction of sp³-hybridized carbons (Fsp3) is 0.241. The molecule has 4 nitrogen and oxygen atoms in total. The van der Waals surface area contributed by atoms with Crippen LogP contribution in [0.2, 0.25) is 0 Å². The number of pyridine rings is 1. The summed E-state index contributed by atoms with van der Waals surface area (Å²) in [5.41, 5.74) is 3.53. The van der Waals surface area contributed by atoms with Gasteiger partial charge < -0.3 is 9.15 Å². The van der Waals surface area contributed by atoms with Gasteiger partial charge in [-0.15, -0.1) is 0 Å². The molecule has 4 aromatic rings. The minimum absolute atomic E-state index is 0.250. The van der Waals surface area contributed by atoms with Crippen LogP contribution < -0.4 is 4.74 Å². The highest BCUT2D eigenvalue weighted by molar-refractivity contribution is 5.68. The number of ether oxygens (including phenoxy) is 1. The van der Waals surface area contributed by atoms with Crippen molar-refractivity contribution >= 4 is 12.2 Å². The molecule has 0 aliphatic rings. The first kappa shape index (κ1) is 25.2. The first-order chi connectivity index (χ1) is 17.4. The highest BCUT2D eigenvalue weighted by Crippen LogP contribution is 2.30. The molecule has 0 N–H and O–H groups in total. The maximum atomic E-state index is 12.8. The molecule has 4 rings (SSSR count). The molecule has 0 fully saturated rings. The van der Waals surface area contributed by atoms with E-state index in [1.807, 2.05) is 30.5 Å². The van der Waals surface area contributed by atoms with Gasteiger partial charge in [-0.1, -0.05) is 24.3 Å². The van der Waals surface area contributed by atoms with Crippen molar-refractivity contribution in [1.29, 1.82) is 0 Å². The van der Waals surface area contributed by atoms with Crippen molar-refractivity contribution in [2.75, 3.05) is 0 Å². The molecule has 36 heavy (non-hydrogen) atoms. The van der Waals surface area contributed by atoms with Gasteiger partial charge >= 0.3 is 6.18 Å². The van der Waals surface area contributed by atoms with E-state index in [1.165, 1.54) is 17.9 Å². The van der Waals surface area contributed by atoms with Gasteiger partial charge in [-0.05, 0) is 91.8 Å². The van der Waals surface area contributed by atoms with E-state index in [-0.39, 0.29) is 6.61 Å². The summed E-state index contributed by atoms with van der Waals surface area (Å²) in [6.45, 7) is 1.89. The standard InChI is InChI=1S/C29H27F3N2O2/c1-21-18-24(29(30,31)32)13-11-23(21)12-16-28-34-26(20-36-28)19-35-27-14-9-22(10-15-27)6-2-3-7-25-8-4-5-17-33-25/h4-5,8-18,20H,2-3,6-7,19H2,1H3/b16-12+. The van der Waals surface area contributed by atoms with Crippen molar-refractivity contribution in [2.24, 2.45) is 0 Å². The van der Waals surface area contributed by atoms with Crippen LogP contribution >= 0.6 is 0 Å². The Morgan fingerprint density at radius 3 is 2.44 bits per heavy atom. The normalized spacial score (nSPS) is 11.8. The number of aryl methyl sites for hydroxylation is 3. The second-order valence-electron chi connectivity index (χ2n) is 8.54. The molecular formula is C29H27F3N2O2. The Labute approximate surface area is 208 Å². The Bertz CT molecular complexity index is 1280. The predicted molar refractivity (Wildman–Crippen MR) is 133 cm³/mol. The third-order valence-electron chi connectivity index (χ3n) is 5.76. The highest BCUT2D eigenvalue weighted by atomic mass is 19.4. The maximum absolute atomic E-state index is 12.8. The summed E-state index contributed by atoms with van der Waals surface area (Å²) in [6, 6.07) is 17.7. The summed E-state index contributed by atoms with van der Waals surface area (Å²) in [5.74, 6) is 1.10. The number of oxazole rings is 1. The number of hydrogen-bond donors (Lipinski definition) is 0. The van der Waals surface area contributed by atoms with E-state index in [4.69, 9.17) is 9.15 Å². The Kier molecular flexibility index (Phi) is 8.21. The lowest BCUT2D eigenvalue weighted by Crippen LogP contribution is -2.05. The summed E-state index contributed by atoms with van der Waals surface area (Å²) in [4.78, 5) is 8.71. The van der Waals surface area contributed by atoms with E-state index in [1.54, 1.807) is 19.1 Å². The highest BCUT2D eigenvalue weighted by Gasteiger charge is 2.30. The van der Waals surface area contributed by atoms with E-state index >= 15 is 0 Å². The summed E-state index contributed by atoms with van der Waals surface area (Å²) < 4.78 is 49.7. The largest absolute Gasteiger partial charge is 0.487 e. The molecule has 0 spiro atoms. The number of nitrogens with zero attached hydrogens (tertiary/aromatic N) is 2. The van der Waals surface area contributed by atoms with Crippen LogP contribution in [0.15, 0.2) is 77.5 Å². The molecule has 0 amide bonds. The number of rotatable bonds is 10. The molecule has 0 radical (unpaired) electrons. The maximum Gasteiger partial charge on any atom is 0.416 e. The summed E-state index contributed by atoms with van der Waals surface area (Å²) in [5, 5.41) is 0. The van der Waals surface area contributed by atoms with E-state index < -0.39 is 11.7 Å². The first-order valence-corrected chi connectivity index (χ1v) is 11.8. The number of halogens is 3. The summed E-state index contributed by atoms with van der Waals surface area (Å²) in [6.07, 6.45) is 6.47. The summed E-state index contributed by atoms with van der Waals surface area (Å²) in [7, 11) is 0. The fourth-order valence-electron chi connectivity index (χ4n) is 3.76. The van der Waals surface area contributed by atoms with Crippen LogP contribution in [0.1, 0.15) is 52.4 Å². The van der Waals surface area contributed by atoms with Crippen molar-refractivity contribution in [2.45, 2.75) is 45.4 Å². The van der Waals surface area contributed by atoms with Crippen LogP contribution in [-0.4, -0.2) is 9.97 Å². The number of unbranched alkanes of at least 4 members (excludes halogenated alkanes) is 1. The molecule has 0 aliphatic carbocycles. The Morgan fingerprint density at radius 1 is 0.917 bits per heavy atom. The Hall–Kier alpha value is -3.87. The van der Waals surface area contributed by atoms with Crippen LogP contribution in [-0.2, 0) is 25.6 Å². The number of alkyl halides is 3. The summed E-state index contributed by atoms with van der Waals surface area (Å²) >= 11 is 0. The van der Waals surface area contributed by atoms with E-state index in [2.05, 4.69) is 28.2 Å². The van der Waals surface area contributed by atoms with Gasteiger partial charge in [-0.25, -0.2) is 4.98 Å². The molecule has 2 aromatic heterocycles. The van der Waals surface area contributed by atoms with Gasteiger partial charge in [0, 0.05) is 18.0 Å². The van der Waals surface area contributed by atoms with Crippen LogP contribution in [0.5, 0.6) is 5.75 Å². The zero-order valence-electron chi connectivity index (χ0n) is 20.0. The van der Waals surface area contributed by atoms with Crippen molar-refractivity contribution < 1.29 is 22.3 Å². The van der Waals surface area contributed by atoms with Gasteiger partial charge in [-0.3, -0.25) is 4.98 Å². The van der Waals surface area contributed by atoms with E-state index in [9.17, 15) is 13.2 Å². The molecule has 2 heterocycles. The van der Waals surface area contributed by atoms with Gasteiger partial charge in [-0.2, -0.15) is 13.2 Å². The lowest BCUT2D eigenvalue weighted by molar-refractivity contribution is -0.137. The van der Waals surface area contributed by atoms with Crippen molar-refractivity contribution in [3.8, 4) is 5.75 Å². The number of hydrogen-bond acceptors (Lipinski definition) is 4. The monoisotopic (exact) mass is 492 g/mol. The molecule has 0 saturated carbocycles. The second kappa shape index (κ2) is 11.7. The number of benzene rings is 2. The lowest BCUT2D eigenvalue weighted by atomic mass is 10.0. The SMILES string of the molecule is Cc1cc(C(F)(F)F)ccc1/C=C/c1nc(COc2ccc(CCCCc3ccccn3)cc2)co1. The van der Waals surface area contributed by atoms with Gasteiger partial charge in [0.05, 0.1) is 5.56 Å². The lowest BCUT2D eigenvalue weighted by Gasteiger charge is -2.08. The molecule has 0 bridgehead atoms. The molecule has 0 unspecified atom stereocenters. The minimum Gasteiger partial charge on any atom is -0.487 e. The molecule has 0 atom stereocenters. The van der Waals surface area contributed by atoms with Gasteiger partial charge in [0.2, 0.25) is 5.89 Å². The molecule has 2 aromatic carbocycles. The average molecular weight is 493 g/mol. The van der Waals surface area contributed by atoms with Gasteiger partial charge in [0.1, 0.15) is 24.3 Å². The average Bonchev–Trinajstić information content (AvgIpc) is 3.33.